The lowest BCUT2D eigenvalue weighted by Crippen LogP contribution is -2.15. The Bertz CT molecular complexity index is 412. The molecule has 1 atom stereocenters. The molecule has 0 aromatic heterocycles. The van der Waals surface area contributed by atoms with Crippen LogP contribution in [0.3, 0.4) is 0 Å². The Hall–Kier alpha value is -1.77. The van der Waals surface area contributed by atoms with Gasteiger partial charge in [-0.2, -0.15) is 5.26 Å². The van der Waals surface area contributed by atoms with Gasteiger partial charge in [-0.25, -0.2) is 0 Å². The van der Waals surface area contributed by atoms with Crippen LogP contribution in [0.4, 0.5) is 0 Å². The number of phenolic OH excluding ortho intramolecular Hbond substituents is 1. The highest BCUT2D eigenvalue weighted by atomic mass is 16.5. The van der Waals surface area contributed by atoms with E-state index < -0.39 is 6.04 Å². The summed E-state index contributed by atoms with van der Waals surface area (Å²) in [5.41, 5.74) is 12.1. The van der Waals surface area contributed by atoms with Crippen molar-refractivity contribution in [3.8, 4) is 17.6 Å². The van der Waals surface area contributed by atoms with Crippen LogP contribution in [0.2, 0.25) is 0 Å². The average molecular weight is 221 g/mol. The highest BCUT2D eigenvalue weighted by molar-refractivity contribution is 5.52. The zero-order chi connectivity index (χ0) is 12.1. The van der Waals surface area contributed by atoms with Crippen molar-refractivity contribution in [3.63, 3.8) is 0 Å². The van der Waals surface area contributed by atoms with Gasteiger partial charge in [0, 0.05) is 17.7 Å². The van der Waals surface area contributed by atoms with Gasteiger partial charge >= 0.3 is 0 Å². The molecule has 0 heterocycles. The minimum Gasteiger partial charge on any atom is -0.504 e. The number of rotatable bonds is 4. The molecule has 1 aromatic rings. The van der Waals surface area contributed by atoms with Gasteiger partial charge in [-0.15, -0.1) is 0 Å². The second kappa shape index (κ2) is 5.35. The molecule has 0 bridgehead atoms. The van der Waals surface area contributed by atoms with E-state index in [2.05, 4.69) is 0 Å². The third-order valence-corrected chi connectivity index (χ3v) is 2.33. The summed E-state index contributed by atoms with van der Waals surface area (Å²) in [4.78, 5) is 0. The minimum atomic E-state index is -0.396. The van der Waals surface area contributed by atoms with E-state index in [9.17, 15) is 5.11 Å². The molecular formula is C11H15N3O2. The van der Waals surface area contributed by atoms with Gasteiger partial charge in [-0.3, -0.25) is 0 Å². The van der Waals surface area contributed by atoms with Gasteiger partial charge in [0.1, 0.15) is 0 Å². The van der Waals surface area contributed by atoms with Crippen LogP contribution in [0, 0.1) is 11.3 Å². The van der Waals surface area contributed by atoms with Crippen molar-refractivity contribution in [3.05, 3.63) is 23.3 Å². The minimum absolute atomic E-state index is 0.0255. The Morgan fingerprint density at radius 3 is 2.75 bits per heavy atom. The maximum atomic E-state index is 9.85. The number of ether oxygens (including phenoxy) is 1. The van der Waals surface area contributed by atoms with E-state index in [1.807, 2.05) is 6.07 Å². The zero-order valence-electron chi connectivity index (χ0n) is 9.10. The summed E-state index contributed by atoms with van der Waals surface area (Å²) in [5.74, 6) is 0.226. The van der Waals surface area contributed by atoms with E-state index in [0.29, 0.717) is 24.1 Å². The number of aromatic hydroxyl groups is 1. The Labute approximate surface area is 94.2 Å². The van der Waals surface area contributed by atoms with Gasteiger partial charge in [0.25, 0.3) is 0 Å². The van der Waals surface area contributed by atoms with Gasteiger partial charge in [-0.1, -0.05) is 0 Å². The fourth-order valence-corrected chi connectivity index (χ4v) is 1.47. The number of hydrogen-bond acceptors (Lipinski definition) is 5. The Balaban J connectivity index is 3.21. The number of benzene rings is 1. The van der Waals surface area contributed by atoms with Crippen LogP contribution in [-0.4, -0.2) is 18.8 Å². The fraction of sp³-hybridized carbons (Fsp3) is 0.364. The molecule has 5 N–H and O–H groups in total. The van der Waals surface area contributed by atoms with E-state index in [1.54, 1.807) is 6.07 Å². The summed E-state index contributed by atoms with van der Waals surface area (Å²) in [6, 6.07) is 4.61. The number of phenols is 1. The Morgan fingerprint density at radius 2 is 2.25 bits per heavy atom. The lowest BCUT2D eigenvalue weighted by atomic mass is 10.0. The quantitative estimate of drug-likeness (QED) is 0.691. The molecule has 0 saturated carbocycles. The maximum absolute atomic E-state index is 9.85. The summed E-state index contributed by atoms with van der Waals surface area (Å²) < 4.78 is 4.97. The van der Waals surface area contributed by atoms with Crippen LogP contribution in [0.1, 0.15) is 23.6 Å². The normalized spacial score (nSPS) is 11.9. The van der Waals surface area contributed by atoms with E-state index in [-0.39, 0.29) is 11.5 Å². The molecule has 0 aliphatic heterocycles. The molecule has 86 valence electrons. The molecular weight excluding hydrogens is 206 g/mol. The molecule has 5 nitrogen and oxygen atoms in total. The predicted octanol–water partition coefficient (Wildman–Crippen LogP) is 0.621. The summed E-state index contributed by atoms with van der Waals surface area (Å²) in [6.45, 7) is 0.416. The molecule has 0 fully saturated rings. The lowest BCUT2D eigenvalue weighted by Gasteiger charge is -2.15. The number of nitrogens with zero attached hydrogens (tertiary/aromatic N) is 1. The van der Waals surface area contributed by atoms with Crippen LogP contribution in [0.5, 0.6) is 11.5 Å². The molecule has 0 aliphatic carbocycles. The molecule has 0 saturated heterocycles. The summed E-state index contributed by atoms with van der Waals surface area (Å²) in [6.07, 6.45) is 0.533. The summed E-state index contributed by atoms with van der Waals surface area (Å²) in [7, 11) is 1.43. The summed E-state index contributed by atoms with van der Waals surface area (Å²) >= 11 is 0. The maximum Gasteiger partial charge on any atom is 0.162 e. The van der Waals surface area contributed by atoms with Crippen molar-refractivity contribution in [2.24, 2.45) is 11.5 Å². The SMILES string of the molecule is COc1cc(C#N)cc([C@@H](N)CCN)c1O. The van der Waals surface area contributed by atoms with E-state index >= 15 is 0 Å². The second-order valence-corrected chi connectivity index (χ2v) is 3.41. The Kier molecular flexibility index (Phi) is 4.11. The molecule has 1 aromatic carbocycles. The van der Waals surface area contributed by atoms with E-state index in [4.69, 9.17) is 21.5 Å². The van der Waals surface area contributed by atoms with Crippen LogP contribution in [-0.2, 0) is 0 Å². The molecule has 0 unspecified atom stereocenters. The molecule has 5 heteroatoms. The van der Waals surface area contributed by atoms with Crippen molar-refractivity contribution in [1.82, 2.24) is 0 Å². The molecule has 0 amide bonds. The van der Waals surface area contributed by atoms with Crippen molar-refractivity contribution in [2.75, 3.05) is 13.7 Å². The predicted molar refractivity (Wildman–Crippen MR) is 60.0 cm³/mol. The summed E-state index contributed by atoms with van der Waals surface area (Å²) in [5, 5.41) is 18.7. The van der Waals surface area contributed by atoms with Crippen molar-refractivity contribution in [2.45, 2.75) is 12.5 Å². The van der Waals surface area contributed by atoms with Crippen LogP contribution in [0.25, 0.3) is 0 Å². The van der Waals surface area contributed by atoms with Crippen LogP contribution in [0.15, 0.2) is 12.1 Å². The third kappa shape index (κ3) is 2.42. The third-order valence-electron chi connectivity index (χ3n) is 2.33. The first-order valence-corrected chi connectivity index (χ1v) is 4.90. The fourth-order valence-electron chi connectivity index (χ4n) is 1.47. The Morgan fingerprint density at radius 1 is 1.56 bits per heavy atom. The van der Waals surface area contributed by atoms with Gasteiger partial charge in [0.15, 0.2) is 11.5 Å². The molecule has 16 heavy (non-hydrogen) atoms. The zero-order valence-corrected chi connectivity index (χ0v) is 9.10. The first-order valence-electron chi connectivity index (χ1n) is 4.90. The van der Waals surface area contributed by atoms with Gasteiger partial charge in [0.05, 0.1) is 18.7 Å². The number of nitrogens with two attached hydrogens (primary N) is 2. The number of methoxy groups -OCH3 is 1. The van der Waals surface area contributed by atoms with Gasteiger partial charge in [0.2, 0.25) is 0 Å². The topological polar surface area (TPSA) is 105 Å². The van der Waals surface area contributed by atoms with Crippen molar-refractivity contribution in [1.29, 1.82) is 5.26 Å². The molecule has 0 radical (unpaired) electrons. The number of nitriles is 1. The van der Waals surface area contributed by atoms with Gasteiger partial charge in [-0.05, 0) is 19.0 Å². The lowest BCUT2D eigenvalue weighted by molar-refractivity contribution is 0.368. The largest absolute Gasteiger partial charge is 0.504 e. The molecule has 1 rings (SSSR count). The first kappa shape index (κ1) is 12.3. The van der Waals surface area contributed by atoms with Gasteiger partial charge < -0.3 is 21.3 Å². The van der Waals surface area contributed by atoms with E-state index in [0.717, 1.165) is 0 Å². The van der Waals surface area contributed by atoms with E-state index in [1.165, 1.54) is 13.2 Å². The highest BCUT2D eigenvalue weighted by Gasteiger charge is 2.15. The van der Waals surface area contributed by atoms with Crippen molar-refractivity contribution < 1.29 is 9.84 Å². The smallest absolute Gasteiger partial charge is 0.162 e. The standard InChI is InChI=1S/C11H15N3O2/c1-16-10-5-7(6-13)4-8(11(10)15)9(14)2-3-12/h4-5,9,15H,2-3,12,14H2,1H3/t9-/m0/s1. The van der Waals surface area contributed by atoms with Crippen molar-refractivity contribution >= 4 is 0 Å². The second-order valence-electron chi connectivity index (χ2n) is 3.41. The monoisotopic (exact) mass is 221 g/mol. The highest BCUT2D eigenvalue weighted by Crippen LogP contribution is 2.35. The number of hydrogen-bond donors (Lipinski definition) is 3. The van der Waals surface area contributed by atoms with Crippen LogP contribution >= 0.6 is 0 Å². The first-order chi connectivity index (χ1) is 7.63. The molecule has 0 aliphatic rings. The average Bonchev–Trinajstić information content (AvgIpc) is 2.29. The van der Waals surface area contributed by atoms with Crippen LogP contribution < -0.4 is 16.2 Å². The molecule has 0 spiro atoms.